The summed E-state index contributed by atoms with van der Waals surface area (Å²) >= 11 is 0. The van der Waals surface area contributed by atoms with Gasteiger partial charge >= 0.3 is 5.97 Å². The Morgan fingerprint density at radius 1 is 1.08 bits per heavy atom. The Kier molecular flexibility index (Phi) is 19.2. The van der Waals surface area contributed by atoms with Gasteiger partial charge in [-0.05, 0) is 51.7 Å². The third kappa shape index (κ3) is 12.9. The Bertz CT molecular complexity index is 1200. The molecule has 1 aliphatic heterocycles. The molecule has 9 nitrogen and oxygen atoms in total. The van der Waals surface area contributed by atoms with Crippen LogP contribution in [0.2, 0.25) is 0 Å². The first-order valence-corrected chi connectivity index (χ1v) is 17.1. The Morgan fingerprint density at radius 2 is 1.73 bits per heavy atom. The van der Waals surface area contributed by atoms with Gasteiger partial charge in [-0.2, -0.15) is 0 Å². The predicted octanol–water partition coefficient (Wildman–Crippen LogP) is 5.65. The minimum Gasteiger partial charge on any atom is -0.490 e. The van der Waals surface area contributed by atoms with Crippen molar-refractivity contribution in [3.8, 4) is 0 Å². The SMILES string of the molecule is C/C=C/C(O)C(C)/C=C/C(=O)C(C)C(O)C(C)C1OC(=O)/C(OC)=C\C(C)=C/C(C)C(O)C(CC)C(O)C(C)C/C(C)=C\C=C/C1OC. The Hall–Kier alpha value is -2.82. The topological polar surface area (TPSA) is 143 Å². The van der Waals surface area contributed by atoms with E-state index in [0.717, 1.165) is 5.57 Å². The van der Waals surface area contributed by atoms with Crippen molar-refractivity contribution < 1.29 is 44.2 Å². The summed E-state index contributed by atoms with van der Waals surface area (Å²) in [5, 5.41) is 44.0. The van der Waals surface area contributed by atoms with Gasteiger partial charge in [-0.25, -0.2) is 4.79 Å². The lowest BCUT2D eigenvalue weighted by Crippen LogP contribution is -2.45. The van der Waals surface area contributed by atoms with Gasteiger partial charge in [0.1, 0.15) is 12.2 Å². The molecule has 48 heavy (non-hydrogen) atoms. The normalized spacial score (nSPS) is 34.2. The van der Waals surface area contributed by atoms with Crippen molar-refractivity contribution in [1.82, 2.24) is 0 Å². The zero-order valence-electron chi connectivity index (χ0n) is 30.9. The lowest BCUT2D eigenvalue weighted by atomic mass is 9.79. The van der Waals surface area contributed by atoms with Gasteiger partial charge < -0.3 is 34.6 Å². The van der Waals surface area contributed by atoms with E-state index >= 15 is 0 Å². The highest BCUT2D eigenvalue weighted by Crippen LogP contribution is 2.30. The van der Waals surface area contributed by atoms with Crippen LogP contribution in [-0.4, -0.2) is 83.0 Å². The Morgan fingerprint density at radius 3 is 2.29 bits per heavy atom. The first-order chi connectivity index (χ1) is 22.5. The number of aliphatic hydroxyl groups excluding tert-OH is 4. The van der Waals surface area contributed by atoms with Crippen LogP contribution >= 0.6 is 0 Å². The molecule has 0 saturated carbocycles. The van der Waals surface area contributed by atoms with Crippen LogP contribution in [0, 0.1) is 35.5 Å². The highest BCUT2D eigenvalue weighted by molar-refractivity contribution is 5.92. The molecule has 0 aromatic heterocycles. The Balaban J connectivity index is 3.59. The summed E-state index contributed by atoms with van der Waals surface area (Å²) in [5.74, 6) is -3.92. The van der Waals surface area contributed by atoms with Crippen molar-refractivity contribution in [2.75, 3.05) is 14.2 Å². The molecule has 0 fully saturated rings. The van der Waals surface area contributed by atoms with Crippen LogP contribution in [0.3, 0.4) is 0 Å². The average molecular weight is 675 g/mol. The number of methoxy groups -OCH3 is 2. The number of ether oxygens (including phenoxy) is 3. The maximum absolute atomic E-state index is 13.6. The molecule has 9 heteroatoms. The second kappa shape index (κ2) is 21.3. The largest absolute Gasteiger partial charge is 0.490 e. The smallest absolute Gasteiger partial charge is 0.373 e. The molecule has 0 saturated heterocycles. The number of hydrogen-bond acceptors (Lipinski definition) is 9. The number of rotatable bonds is 11. The lowest BCUT2D eigenvalue weighted by Gasteiger charge is -2.34. The van der Waals surface area contributed by atoms with Gasteiger partial charge in [0.15, 0.2) is 5.78 Å². The summed E-state index contributed by atoms with van der Waals surface area (Å²) in [4.78, 5) is 26.6. The molecular formula is C39H62O9. The van der Waals surface area contributed by atoms with Gasteiger partial charge in [0, 0.05) is 36.7 Å². The minimum absolute atomic E-state index is 0.0887. The van der Waals surface area contributed by atoms with E-state index in [1.165, 1.54) is 26.4 Å². The molecule has 0 amide bonds. The minimum atomic E-state index is -1.22. The van der Waals surface area contributed by atoms with E-state index in [0.29, 0.717) is 18.4 Å². The third-order valence-corrected chi connectivity index (χ3v) is 9.45. The van der Waals surface area contributed by atoms with E-state index in [4.69, 9.17) is 14.2 Å². The van der Waals surface area contributed by atoms with Gasteiger partial charge in [-0.3, -0.25) is 4.79 Å². The van der Waals surface area contributed by atoms with Gasteiger partial charge in [-0.1, -0.05) is 95.2 Å². The average Bonchev–Trinajstić information content (AvgIpc) is 3.05. The number of carbonyl (C=O) groups excluding carboxylic acids is 2. The number of hydrogen-bond donors (Lipinski definition) is 4. The van der Waals surface area contributed by atoms with Crippen LogP contribution in [0.4, 0.5) is 0 Å². The zero-order chi connectivity index (χ0) is 36.7. The predicted molar refractivity (Wildman–Crippen MR) is 190 cm³/mol. The van der Waals surface area contributed by atoms with Crippen molar-refractivity contribution in [2.45, 2.75) is 112 Å². The van der Waals surface area contributed by atoms with Crippen LogP contribution in [0.15, 0.2) is 71.6 Å². The fourth-order valence-electron chi connectivity index (χ4n) is 6.17. The molecule has 4 N–H and O–H groups in total. The molecule has 0 bridgehead atoms. The summed E-state index contributed by atoms with van der Waals surface area (Å²) in [6.45, 7) is 16.4. The van der Waals surface area contributed by atoms with Crippen LogP contribution in [-0.2, 0) is 23.8 Å². The van der Waals surface area contributed by atoms with Gasteiger partial charge in [0.25, 0.3) is 0 Å². The van der Waals surface area contributed by atoms with Crippen molar-refractivity contribution in [3.05, 3.63) is 71.6 Å². The summed E-state index contributed by atoms with van der Waals surface area (Å²) < 4.78 is 17.2. The number of esters is 1. The van der Waals surface area contributed by atoms with Crippen LogP contribution in [0.25, 0.3) is 0 Å². The zero-order valence-corrected chi connectivity index (χ0v) is 30.9. The summed E-state index contributed by atoms with van der Waals surface area (Å²) in [5.41, 5.74) is 1.65. The lowest BCUT2D eigenvalue weighted by molar-refractivity contribution is -0.162. The molecular weight excluding hydrogens is 612 g/mol. The van der Waals surface area contributed by atoms with Gasteiger partial charge in [0.2, 0.25) is 5.76 Å². The number of aliphatic hydroxyl groups is 4. The number of cyclic esters (lactones) is 1. The molecule has 1 rings (SSSR count). The first-order valence-electron chi connectivity index (χ1n) is 17.1. The highest BCUT2D eigenvalue weighted by Gasteiger charge is 2.38. The molecule has 12 unspecified atom stereocenters. The van der Waals surface area contributed by atoms with Crippen LogP contribution in [0.1, 0.15) is 75.2 Å². The van der Waals surface area contributed by atoms with E-state index in [2.05, 4.69) is 0 Å². The maximum atomic E-state index is 13.6. The van der Waals surface area contributed by atoms with Crippen molar-refractivity contribution in [1.29, 1.82) is 0 Å². The number of ketones is 1. The summed E-state index contributed by atoms with van der Waals surface area (Å²) in [7, 11) is 2.83. The molecule has 0 radical (unpaired) electrons. The van der Waals surface area contributed by atoms with E-state index < -0.39 is 54.4 Å². The van der Waals surface area contributed by atoms with Crippen LogP contribution in [0.5, 0.6) is 0 Å². The number of carbonyl (C=O) groups is 2. The van der Waals surface area contributed by atoms with E-state index in [1.807, 2.05) is 39.8 Å². The number of allylic oxidation sites excluding steroid dienone is 7. The molecule has 272 valence electrons. The van der Waals surface area contributed by atoms with E-state index in [-0.39, 0.29) is 35.2 Å². The molecule has 0 aromatic rings. The van der Waals surface area contributed by atoms with Crippen molar-refractivity contribution in [3.63, 3.8) is 0 Å². The first kappa shape index (κ1) is 43.2. The molecule has 0 spiro atoms. The summed E-state index contributed by atoms with van der Waals surface area (Å²) in [6, 6.07) is 0. The molecule has 0 aromatic carbocycles. The van der Waals surface area contributed by atoms with E-state index in [9.17, 15) is 30.0 Å². The Labute approximate surface area is 288 Å². The molecule has 0 aliphatic carbocycles. The fourth-order valence-corrected chi connectivity index (χ4v) is 6.17. The standard InChI is InChI=1S/C39H62O9/c1-12-15-31(40)25(5)18-19-32(41)28(8)37(44)29(9)38-33(46-10)17-14-16-23(3)20-26(6)35(42)30(13-2)36(43)27(7)21-24(4)22-34(47-11)39(45)48-38/h12,14-19,21-22,25-31,33,35-38,40,42-44H,13,20H2,1-11H3/b15-12+,17-14-,19-18+,23-16-,24-21-,34-22+. The highest BCUT2D eigenvalue weighted by atomic mass is 16.6. The molecule has 1 aliphatic rings. The fraction of sp³-hybridized carbons (Fsp3) is 0.641. The summed E-state index contributed by atoms with van der Waals surface area (Å²) in [6.07, 6.45) is 11.0. The van der Waals surface area contributed by atoms with Crippen LogP contribution < -0.4 is 0 Å². The third-order valence-electron chi connectivity index (χ3n) is 9.45. The monoisotopic (exact) mass is 674 g/mol. The maximum Gasteiger partial charge on any atom is 0.373 e. The van der Waals surface area contributed by atoms with Crippen molar-refractivity contribution >= 4 is 11.8 Å². The molecule has 1 heterocycles. The van der Waals surface area contributed by atoms with Gasteiger partial charge in [-0.15, -0.1) is 0 Å². The van der Waals surface area contributed by atoms with E-state index in [1.54, 1.807) is 65.0 Å². The molecule has 12 atom stereocenters. The quantitative estimate of drug-likeness (QED) is 0.124. The van der Waals surface area contributed by atoms with Gasteiger partial charge in [0.05, 0.1) is 31.5 Å². The second-order valence-corrected chi connectivity index (χ2v) is 13.5. The second-order valence-electron chi connectivity index (χ2n) is 13.5. The van der Waals surface area contributed by atoms with Crippen molar-refractivity contribution in [2.24, 2.45) is 35.5 Å².